The Morgan fingerprint density at radius 3 is 2.41 bits per heavy atom. The molecule has 0 aliphatic carbocycles. The van der Waals surface area contributed by atoms with Crippen LogP contribution in [0, 0.1) is 6.92 Å². The van der Waals surface area contributed by atoms with Gasteiger partial charge in [0, 0.05) is 17.8 Å². The number of rotatable bonds is 6. The second-order valence-electron chi connectivity index (χ2n) is 6.45. The Morgan fingerprint density at radius 2 is 1.76 bits per heavy atom. The molecule has 2 N–H and O–H groups in total. The van der Waals surface area contributed by atoms with E-state index in [2.05, 4.69) is 20.8 Å². The number of urea groups is 1. The van der Waals surface area contributed by atoms with Crippen molar-refractivity contribution in [1.82, 2.24) is 25.4 Å². The largest absolute Gasteiger partial charge is 0.338 e. The fraction of sp³-hybridized carbons (Fsp3) is 0.238. The lowest BCUT2D eigenvalue weighted by atomic mass is 10.2. The molecule has 8 heteroatoms. The van der Waals surface area contributed by atoms with Gasteiger partial charge in [0.2, 0.25) is 5.91 Å². The van der Waals surface area contributed by atoms with Crippen molar-refractivity contribution in [1.29, 1.82) is 0 Å². The summed E-state index contributed by atoms with van der Waals surface area (Å²) in [5.41, 5.74) is 2.97. The van der Waals surface area contributed by atoms with Gasteiger partial charge in [0.15, 0.2) is 11.0 Å². The van der Waals surface area contributed by atoms with E-state index < -0.39 is 11.3 Å². The lowest BCUT2D eigenvalue weighted by Gasteiger charge is -2.14. The molecule has 150 valence electrons. The molecule has 0 radical (unpaired) electrons. The molecule has 2 aromatic carbocycles. The van der Waals surface area contributed by atoms with E-state index >= 15 is 0 Å². The highest BCUT2D eigenvalue weighted by molar-refractivity contribution is 8.00. The summed E-state index contributed by atoms with van der Waals surface area (Å²) in [5.74, 6) is 0.300. The van der Waals surface area contributed by atoms with Crippen molar-refractivity contribution >= 4 is 23.7 Å². The van der Waals surface area contributed by atoms with Crippen LogP contribution < -0.4 is 10.6 Å². The molecule has 0 saturated heterocycles. The van der Waals surface area contributed by atoms with Gasteiger partial charge in [-0.2, -0.15) is 0 Å². The maximum absolute atomic E-state index is 12.4. The number of benzene rings is 2. The topological polar surface area (TPSA) is 88.9 Å². The molecule has 7 nitrogen and oxygen atoms in total. The highest BCUT2D eigenvalue weighted by atomic mass is 32.2. The van der Waals surface area contributed by atoms with Crippen LogP contribution >= 0.6 is 11.8 Å². The molecule has 0 bridgehead atoms. The second kappa shape index (κ2) is 9.38. The van der Waals surface area contributed by atoms with E-state index in [9.17, 15) is 9.59 Å². The van der Waals surface area contributed by atoms with E-state index in [1.165, 1.54) is 11.8 Å². The van der Waals surface area contributed by atoms with Crippen LogP contribution in [0.4, 0.5) is 4.79 Å². The lowest BCUT2D eigenvalue weighted by Crippen LogP contribution is -2.42. The minimum absolute atomic E-state index is 0.388. The molecule has 0 fully saturated rings. The van der Waals surface area contributed by atoms with Crippen LogP contribution in [-0.4, -0.2) is 38.5 Å². The lowest BCUT2D eigenvalue weighted by molar-refractivity contribution is -0.119. The van der Waals surface area contributed by atoms with Crippen molar-refractivity contribution < 1.29 is 9.59 Å². The molecule has 29 heavy (non-hydrogen) atoms. The summed E-state index contributed by atoms with van der Waals surface area (Å²) in [4.78, 5) is 24.0. The number of amides is 3. The van der Waals surface area contributed by atoms with Gasteiger partial charge in [-0.1, -0.05) is 59.8 Å². The second-order valence-corrected chi connectivity index (χ2v) is 7.76. The minimum atomic E-state index is -0.533. The van der Waals surface area contributed by atoms with Gasteiger partial charge >= 0.3 is 6.03 Å². The van der Waals surface area contributed by atoms with Gasteiger partial charge in [0.05, 0.1) is 5.25 Å². The van der Waals surface area contributed by atoms with Crippen LogP contribution in [0.2, 0.25) is 0 Å². The number of aromatic nitrogens is 3. The number of nitrogens with zero attached hydrogens (tertiary/aromatic N) is 3. The Balaban J connectivity index is 1.92. The quantitative estimate of drug-likeness (QED) is 0.608. The molecule has 1 unspecified atom stereocenters. The first-order valence-electron chi connectivity index (χ1n) is 9.32. The maximum Gasteiger partial charge on any atom is 0.321 e. The third-order valence-corrected chi connectivity index (χ3v) is 5.23. The highest BCUT2D eigenvalue weighted by Crippen LogP contribution is 2.30. The van der Waals surface area contributed by atoms with Crippen LogP contribution in [0.15, 0.2) is 59.8 Å². The van der Waals surface area contributed by atoms with Crippen LogP contribution in [-0.2, 0) is 4.79 Å². The van der Waals surface area contributed by atoms with E-state index in [1.54, 1.807) is 13.8 Å². The summed E-state index contributed by atoms with van der Waals surface area (Å²) in [6, 6.07) is 17.3. The van der Waals surface area contributed by atoms with E-state index in [0.717, 1.165) is 16.8 Å². The van der Waals surface area contributed by atoms with Gasteiger partial charge in [0.1, 0.15) is 0 Å². The number of imide groups is 1. The van der Waals surface area contributed by atoms with Gasteiger partial charge in [-0.3, -0.25) is 14.7 Å². The predicted octanol–water partition coefficient (Wildman–Crippen LogP) is 3.57. The molecule has 3 rings (SSSR count). The molecular weight excluding hydrogens is 386 g/mol. The summed E-state index contributed by atoms with van der Waals surface area (Å²) in [5, 5.41) is 13.6. The Bertz CT molecular complexity index is 986. The number of carbonyl (C=O) groups is 2. The molecule has 0 spiro atoms. The number of hydrogen-bond acceptors (Lipinski definition) is 5. The zero-order valence-corrected chi connectivity index (χ0v) is 17.4. The van der Waals surface area contributed by atoms with E-state index in [-0.39, 0.29) is 5.91 Å². The summed E-state index contributed by atoms with van der Waals surface area (Å²) in [6.07, 6.45) is 0. The summed E-state index contributed by atoms with van der Waals surface area (Å²) < 4.78 is 1.93. The van der Waals surface area contributed by atoms with Gasteiger partial charge in [-0.05, 0) is 32.9 Å². The predicted molar refractivity (Wildman–Crippen MR) is 114 cm³/mol. The standard InChI is InChI=1S/C21H23N5O2S/c1-4-22-20(28)23-19(27)15(3)29-21-25-24-18(16-8-6-5-7-9-16)26(21)17-12-10-14(2)11-13-17/h5-13,15H,4H2,1-3H3,(H2,22,23,27,28). The molecule has 0 aliphatic rings. The summed E-state index contributed by atoms with van der Waals surface area (Å²) in [6.45, 7) is 5.99. The van der Waals surface area contributed by atoms with Gasteiger partial charge in [-0.15, -0.1) is 10.2 Å². The van der Waals surface area contributed by atoms with Gasteiger partial charge in [0.25, 0.3) is 0 Å². The monoisotopic (exact) mass is 409 g/mol. The molecule has 1 aromatic heterocycles. The van der Waals surface area contributed by atoms with E-state index in [1.807, 2.05) is 66.1 Å². The van der Waals surface area contributed by atoms with Crippen LogP contribution in [0.3, 0.4) is 0 Å². The number of thioether (sulfide) groups is 1. The smallest absolute Gasteiger partial charge is 0.321 e. The number of nitrogens with one attached hydrogen (secondary N) is 2. The minimum Gasteiger partial charge on any atom is -0.338 e. The fourth-order valence-electron chi connectivity index (χ4n) is 2.68. The zero-order chi connectivity index (χ0) is 20.8. The van der Waals surface area contributed by atoms with Crippen molar-refractivity contribution in [2.75, 3.05) is 6.54 Å². The van der Waals surface area contributed by atoms with Crippen molar-refractivity contribution in [2.24, 2.45) is 0 Å². The highest BCUT2D eigenvalue weighted by Gasteiger charge is 2.22. The molecule has 3 aromatic rings. The first-order chi connectivity index (χ1) is 14.0. The van der Waals surface area contributed by atoms with Crippen molar-refractivity contribution in [3.05, 3.63) is 60.2 Å². The summed E-state index contributed by atoms with van der Waals surface area (Å²) >= 11 is 1.25. The van der Waals surface area contributed by atoms with Crippen molar-refractivity contribution in [3.8, 4) is 17.1 Å². The van der Waals surface area contributed by atoms with Gasteiger partial charge < -0.3 is 5.32 Å². The number of aryl methyl sites for hydroxylation is 1. The number of carbonyl (C=O) groups excluding carboxylic acids is 2. The maximum atomic E-state index is 12.4. The molecule has 0 aliphatic heterocycles. The fourth-order valence-corrected chi connectivity index (χ4v) is 3.54. The molecular formula is C21H23N5O2S. The Labute approximate surface area is 173 Å². The molecule has 3 amide bonds. The first-order valence-corrected chi connectivity index (χ1v) is 10.2. The van der Waals surface area contributed by atoms with Crippen LogP contribution in [0.5, 0.6) is 0 Å². The van der Waals surface area contributed by atoms with Crippen molar-refractivity contribution in [3.63, 3.8) is 0 Å². The number of hydrogen-bond donors (Lipinski definition) is 2. The SMILES string of the molecule is CCNC(=O)NC(=O)C(C)Sc1nnc(-c2ccccc2)n1-c1ccc(C)cc1. The third kappa shape index (κ3) is 5.03. The average molecular weight is 410 g/mol. The van der Waals surface area contributed by atoms with Crippen molar-refractivity contribution in [2.45, 2.75) is 31.2 Å². The normalized spacial score (nSPS) is 11.7. The zero-order valence-electron chi connectivity index (χ0n) is 16.5. The Hall–Kier alpha value is -3.13. The van der Waals surface area contributed by atoms with E-state index in [0.29, 0.717) is 17.5 Å². The summed E-state index contributed by atoms with van der Waals surface area (Å²) in [7, 11) is 0. The first kappa shape index (κ1) is 20.6. The van der Waals surface area contributed by atoms with Crippen LogP contribution in [0.1, 0.15) is 19.4 Å². The van der Waals surface area contributed by atoms with E-state index in [4.69, 9.17) is 0 Å². The molecule has 1 atom stereocenters. The van der Waals surface area contributed by atoms with Gasteiger partial charge in [-0.25, -0.2) is 4.79 Å². The average Bonchev–Trinajstić information content (AvgIpc) is 3.13. The molecule has 0 saturated carbocycles. The molecule has 1 heterocycles. The Kier molecular flexibility index (Phi) is 6.66. The third-order valence-electron chi connectivity index (χ3n) is 4.18. The van der Waals surface area contributed by atoms with Crippen LogP contribution in [0.25, 0.3) is 17.1 Å². The Morgan fingerprint density at radius 1 is 1.07 bits per heavy atom.